The number of nitrogens with one attached hydrogen (secondary N) is 3. The van der Waals surface area contributed by atoms with Crippen LogP contribution in [0.2, 0.25) is 0 Å². The van der Waals surface area contributed by atoms with Crippen molar-refractivity contribution in [3.8, 4) is 6.07 Å². The van der Waals surface area contributed by atoms with Crippen molar-refractivity contribution in [1.29, 1.82) is 5.26 Å². The largest absolute Gasteiger partial charge is 0.367 e. The van der Waals surface area contributed by atoms with Gasteiger partial charge in [0.05, 0.1) is 10.5 Å². The minimum absolute atomic E-state index is 0.0708. The first-order chi connectivity index (χ1) is 13.4. The van der Waals surface area contributed by atoms with Crippen LogP contribution in [0.1, 0.15) is 11.1 Å². The molecule has 28 heavy (non-hydrogen) atoms. The van der Waals surface area contributed by atoms with Crippen LogP contribution >= 0.6 is 0 Å². The number of aromatic nitrogens is 1. The molecule has 3 N–H and O–H groups in total. The molecule has 0 saturated carbocycles. The molecule has 0 radical (unpaired) electrons. The zero-order chi connectivity index (χ0) is 20.6. The summed E-state index contributed by atoms with van der Waals surface area (Å²) in [6, 6.07) is 11.4. The van der Waals surface area contributed by atoms with Gasteiger partial charge in [-0.15, -0.1) is 0 Å². The van der Waals surface area contributed by atoms with E-state index < -0.39 is 16.1 Å². The van der Waals surface area contributed by atoms with Gasteiger partial charge in [0.2, 0.25) is 10.0 Å². The molecule has 0 aliphatic carbocycles. The highest BCUT2D eigenvalue weighted by atomic mass is 32.2. The van der Waals surface area contributed by atoms with Gasteiger partial charge in [-0.25, -0.2) is 22.5 Å². The van der Waals surface area contributed by atoms with E-state index in [9.17, 15) is 13.2 Å². The molecular formula is C18H22N6O3S. The Balaban J connectivity index is 1.85. The summed E-state index contributed by atoms with van der Waals surface area (Å²) in [5.41, 5.74) is 0.919. The predicted octanol–water partition coefficient (Wildman–Crippen LogP) is 1.11. The van der Waals surface area contributed by atoms with Gasteiger partial charge in [-0.05, 0) is 23.8 Å². The van der Waals surface area contributed by atoms with Crippen molar-refractivity contribution in [2.45, 2.75) is 11.4 Å². The van der Waals surface area contributed by atoms with Crippen LogP contribution in [0.4, 0.5) is 10.6 Å². The lowest BCUT2D eigenvalue weighted by Crippen LogP contribution is -2.38. The minimum Gasteiger partial charge on any atom is -0.367 e. The van der Waals surface area contributed by atoms with Crippen LogP contribution in [-0.2, 0) is 16.6 Å². The van der Waals surface area contributed by atoms with E-state index in [1.54, 1.807) is 36.5 Å². The Bertz CT molecular complexity index is 969. The lowest BCUT2D eigenvalue weighted by molar-refractivity contribution is 0.241. The highest BCUT2D eigenvalue weighted by molar-refractivity contribution is 7.89. The molecule has 1 aromatic heterocycles. The first kappa shape index (κ1) is 21.1. The number of rotatable bonds is 8. The van der Waals surface area contributed by atoms with Crippen LogP contribution in [0.15, 0.2) is 47.5 Å². The maximum atomic E-state index is 12.4. The molecule has 2 aromatic rings. The number of nitrogens with zero attached hydrogens (tertiary/aromatic N) is 3. The minimum atomic E-state index is -3.60. The van der Waals surface area contributed by atoms with Gasteiger partial charge in [-0.3, -0.25) is 0 Å². The first-order valence-electron chi connectivity index (χ1n) is 8.47. The second kappa shape index (κ2) is 9.68. The topological polar surface area (TPSA) is 127 Å². The van der Waals surface area contributed by atoms with Crippen LogP contribution in [-0.4, -0.2) is 50.9 Å². The van der Waals surface area contributed by atoms with Gasteiger partial charge in [-0.2, -0.15) is 5.26 Å². The second-order valence-electron chi connectivity index (χ2n) is 5.94. The molecule has 1 heterocycles. The van der Waals surface area contributed by atoms with Crippen LogP contribution in [0.5, 0.6) is 0 Å². The molecule has 0 unspecified atom stereocenters. The zero-order valence-electron chi connectivity index (χ0n) is 15.6. The van der Waals surface area contributed by atoms with Gasteiger partial charge in [0, 0.05) is 39.9 Å². The Morgan fingerprint density at radius 2 is 1.89 bits per heavy atom. The molecule has 1 aromatic carbocycles. The Kier molecular flexibility index (Phi) is 7.31. The fraction of sp³-hybridized carbons (Fsp3) is 0.278. The van der Waals surface area contributed by atoms with E-state index in [4.69, 9.17) is 5.26 Å². The molecular weight excluding hydrogens is 380 g/mol. The van der Waals surface area contributed by atoms with E-state index in [0.717, 1.165) is 4.31 Å². The van der Waals surface area contributed by atoms with Crippen molar-refractivity contribution in [3.63, 3.8) is 0 Å². The third kappa shape index (κ3) is 5.42. The van der Waals surface area contributed by atoms with Crippen molar-refractivity contribution in [2.24, 2.45) is 0 Å². The Morgan fingerprint density at radius 3 is 2.61 bits per heavy atom. The van der Waals surface area contributed by atoms with Crippen LogP contribution in [0, 0.1) is 11.3 Å². The fourth-order valence-corrected chi connectivity index (χ4v) is 3.45. The monoisotopic (exact) mass is 402 g/mol. The lowest BCUT2D eigenvalue weighted by atomic mass is 10.2. The summed E-state index contributed by atoms with van der Waals surface area (Å²) in [4.78, 5) is 16.2. The van der Waals surface area contributed by atoms with E-state index in [-0.39, 0.29) is 11.4 Å². The Morgan fingerprint density at radius 1 is 1.14 bits per heavy atom. The number of anilines is 1. The average Bonchev–Trinajstić information content (AvgIpc) is 2.70. The van der Waals surface area contributed by atoms with Crippen molar-refractivity contribution in [1.82, 2.24) is 19.9 Å². The molecule has 0 spiro atoms. The standard InChI is InChI=1S/C18H22N6O3S/c1-24(2)28(26,27)16-8-4-3-6-15(16)13-23-18(25)22-11-10-21-17-14(12-19)7-5-9-20-17/h3-9H,10-11,13H2,1-2H3,(H,20,21)(H2,22,23,25). The number of benzene rings is 1. The maximum absolute atomic E-state index is 12.4. The van der Waals surface area contributed by atoms with Crippen LogP contribution in [0.3, 0.4) is 0 Å². The SMILES string of the molecule is CN(C)S(=O)(=O)c1ccccc1CNC(=O)NCCNc1ncccc1C#N. The normalized spacial score (nSPS) is 10.9. The van der Waals surface area contributed by atoms with Gasteiger partial charge in [-0.1, -0.05) is 18.2 Å². The van der Waals surface area contributed by atoms with Crippen molar-refractivity contribution in [2.75, 3.05) is 32.5 Å². The van der Waals surface area contributed by atoms with E-state index in [1.165, 1.54) is 20.2 Å². The summed E-state index contributed by atoms with van der Waals surface area (Å²) >= 11 is 0. The molecule has 0 aliphatic rings. The average molecular weight is 402 g/mol. The first-order valence-corrected chi connectivity index (χ1v) is 9.91. The van der Waals surface area contributed by atoms with Crippen LogP contribution in [0.25, 0.3) is 0 Å². The number of amides is 2. The van der Waals surface area contributed by atoms with Gasteiger partial charge in [0.15, 0.2) is 0 Å². The van der Waals surface area contributed by atoms with Gasteiger partial charge in [0.25, 0.3) is 0 Å². The molecule has 148 valence electrons. The van der Waals surface area contributed by atoms with Crippen LogP contribution < -0.4 is 16.0 Å². The summed E-state index contributed by atoms with van der Waals surface area (Å²) in [6.45, 7) is 0.747. The molecule has 2 amide bonds. The third-order valence-electron chi connectivity index (χ3n) is 3.80. The highest BCUT2D eigenvalue weighted by Crippen LogP contribution is 2.18. The Labute approximate surface area is 164 Å². The number of nitriles is 1. The summed E-state index contributed by atoms with van der Waals surface area (Å²) in [7, 11) is -0.681. The molecule has 9 nitrogen and oxygen atoms in total. The summed E-state index contributed by atoms with van der Waals surface area (Å²) in [6.07, 6.45) is 1.57. The summed E-state index contributed by atoms with van der Waals surface area (Å²) < 4.78 is 25.8. The molecule has 0 aliphatic heterocycles. The molecule has 0 bridgehead atoms. The number of hydrogen-bond acceptors (Lipinski definition) is 6. The second-order valence-corrected chi connectivity index (χ2v) is 8.06. The summed E-state index contributed by atoms with van der Waals surface area (Å²) in [5.74, 6) is 0.454. The molecule has 0 fully saturated rings. The van der Waals surface area contributed by atoms with E-state index in [1.807, 2.05) is 6.07 Å². The van der Waals surface area contributed by atoms with E-state index in [0.29, 0.717) is 30.0 Å². The lowest BCUT2D eigenvalue weighted by Gasteiger charge is -2.15. The quantitative estimate of drug-likeness (QED) is 0.568. The molecule has 10 heteroatoms. The molecule has 0 saturated heterocycles. The van der Waals surface area contributed by atoms with Gasteiger partial charge >= 0.3 is 6.03 Å². The predicted molar refractivity (Wildman–Crippen MR) is 105 cm³/mol. The number of urea groups is 1. The number of pyridine rings is 1. The third-order valence-corrected chi connectivity index (χ3v) is 5.72. The van der Waals surface area contributed by atoms with E-state index >= 15 is 0 Å². The Hall–Kier alpha value is -3.16. The van der Waals surface area contributed by atoms with E-state index in [2.05, 4.69) is 20.9 Å². The van der Waals surface area contributed by atoms with Crippen molar-refractivity contribution in [3.05, 3.63) is 53.7 Å². The molecule has 0 atom stereocenters. The van der Waals surface area contributed by atoms with Gasteiger partial charge < -0.3 is 16.0 Å². The van der Waals surface area contributed by atoms with Crippen molar-refractivity contribution < 1.29 is 13.2 Å². The molecule has 2 rings (SSSR count). The van der Waals surface area contributed by atoms with Crippen molar-refractivity contribution >= 4 is 21.9 Å². The highest BCUT2D eigenvalue weighted by Gasteiger charge is 2.20. The number of sulfonamides is 1. The van der Waals surface area contributed by atoms with Gasteiger partial charge in [0.1, 0.15) is 11.9 Å². The number of carbonyl (C=O) groups is 1. The number of hydrogen-bond donors (Lipinski definition) is 3. The fourth-order valence-electron chi connectivity index (χ4n) is 2.33. The number of carbonyl (C=O) groups excluding carboxylic acids is 1. The zero-order valence-corrected chi connectivity index (χ0v) is 16.5. The smallest absolute Gasteiger partial charge is 0.315 e. The summed E-state index contributed by atoms with van der Waals surface area (Å²) in [5, 5.41) is 17.3. The maximum Gasteiger partial charge on any atom is 0.315 e.